The number of aliphatic carboxylic acids is 2. The standard InChI is InChI=1S/C6H7NO6/c8-4(9)1-3(2-5(10)11)6(12)7-13/h1,13H,2H2,(H,7,12)(H,8,9)(H,10,11)/b3-1-. The van der Waals surface area contributed by atoms with Crippen LogP contribution in [-0.2, 0) is 14.4 Å². The molecule has 0 radical (unpaired) electrons. The van der Waals surface area contributed by atoms with Gasteiger partial charge in [0.15, 0.2) is 0 Å². The van der Waals surface area contributed by atoms with E-state index in [9.17, 15) is 14.4 Å². The molecule has 13 heavy (non-hydrogen) atoms. The second-order valence-electron chi connectivity index (χ2n) is 2.02. The highest BCUT2D eigenvalue weighted by atomic mass is 16.5. The molecular weight excluding hydrogens is 182 g/mol. The molecule has 0 atom stereocenters. The van der Waals surface area contributed by atoms with Gasteiger partial charge in [0.1, 0.15) is 0 Å². The van der Waals surface area contributed by atoms with E-state index < -0.39 is 29.8 Å². The zero-order chi connectivity index (χ0) is 10.4. The lowest BCUT2D eigenvalue weighted by Crippen LogP contribution is -2.23. The Morgan fingerprint density at radius 1 is 1.23 bits per heavy atom. The number of hydrogen-bond donors (Lipinski definition) is 4. The van der Waals surface area contributed by atoms with Gasteiger partial charge < -0.3 is 10.2 Å². The number of amides is 1. The van der Waals surface area contributed by atoms with Gasteiger partial charge in [-0.25, -0.2) is 10.3 Å². The summed E-state index contributed by atoms with van der Waals surface area (Å²) in [5.41, 5.74) is 0.603. The Bertz CT molecular complexity index is 268. The number of carboxylic acid groups (broad SMARTS) is 2. The third-order valence-electron chi connectivity index (χ3n) is 1.03. The number of hydrogen-bond acceptors (Lipinski definition) is 4. The Hall–Kier alpha value is -1.89. The van der Waals surface area contributed by atoms with Crippen molar-refractivity contribution < 1.29 is 29.8 Å². The van der Waals surface area contributed by atoms with Gasteiger partial charge in [0.25, 0.3) is 5.91 Å². The van der Waals surface area contributed by atoms with Crippen LogP contribution in [0.2, 0.25) is 0 Å². The Balaban J connectivity index is 4.65. The highest BCUT2D eigenvalue weighted by Crippen LogP contribution is 2.00. The first-order valence-electron chi connectivity index (χ1n) is 3.07. The average molecular weight is 189 g/mol. The molecule has 0 heterocycles. The van der Waals surface area contributed by atoms with Crippen LogP contribution in [0.1, 0.15) is 6.42 Å². The maximum absolute atomic E-state index is 10.6. The van der Waals surface area contributed by atoms with Crippen molar-refractivity contribution in [2.75, 3.05) is 0 Å². The van der Waals surface area contributed by atoms with Gasteiger partial charge in [-0.15, -0.1) is 0 Å². The van der Waals surface area contributed by atoms with E-state index >= 15 is 0 Å². The maximum atomic E-state index is 10.6. The molecule has 0 saturated carbocycles. The van der Waals surface area contributed by atoms with Crippen LogP contribution in [0.25, 0.3) is 0 Å². The summed E-state index contributed by atoms with van der Waals surface area (Å²) in [6.45, 7) is 0. The van der Waals surface area contributed by atoms with Crippen LogP contribution in [0.4, 0.5) is 0 Å². The van der Waals surface area contributed by atoms with Crippen molar-refractivity contribution >= 4 is 17.8 Å². The molecule has 0 aromatic heterocycles. The van der Waals surface area contributed by atoms with E-state index in [0.717, 1.165) is 5.48 Å². The molecule has 0 aromatic rings. The van der Waals surface area contributed by atoms with Crippen molar-refractivity contribution in [3.63, 3.8) is 0 Å². The topological polar surface area (TPSA) is 124 Å². The van der Waals surface area contributed by atoms with Crippen molar-refractivity contribution in [3.05, 3.63) is 11.6 Å². The van der Waals surface area contributed by atoms with Crippen LogP contribution in [0.3, 0.4) is 0 Å². The molecule has 0 unspecified atom stereocenters. The maximum Gasteiger partial charge on any atom is 0.328 e. The minimum atomic E-state index is -1.46. The highest BCUT2D eigenvalue weighted by Gasteiger charge is 2.13. The summed E-state index contributed by atoms with van der Waals surface area (Å²) in [4.78, 5) is 30.8. The molecule has 0 aliphatic heterocycles. The molecule has 0 aliphatic rings. The smallest absolute Gasteiger partial charge is 0.328 e. The van der Waals surface area contributed by atoms with Crippen LogP contribution < -0.4 is 5.48 Å². The summed E-state index contributed by atoms with van der Waals surface area (Å²) in [7, 11) is 0. The molecular formula is C6H7NO6. The molecule has 4 N–H and O–H groups in total. The lowest BCUT2D eigenvalue weighted by molar-refractivity contribution is -0.137. The summed E-state index contributed by atoms with van der Waals surface area (Å²) in [5, 5.41) is 24.6. The molecule has 0 aliphatic carbocycles. The highest BCUT2D eigenvalue weighted by molar-refractivity contribution is 6.01. The zero-order valence-corrected chi connectivity index (χ0v) is 6.35. The average Bonchev–Trinajstić information content (AvgIpc) is 2.00. The predicted octanol–water partition coefficient (Wildman–Crippen LogP) is -1.02. The number of hydroxylamine groups is 1. The van der Waals surface area contributed by atoms with Gasteiger partial charge in [-0.05, 0) is 0 Å². The van der Waals surface area contributed by atoms with Gasteiger partial charge in [-0.2, -0.15) is 0 Å². The summed E-state index contributed by atoms with van der Waals surface area (Å²) in [6, 6.07) is 0. The van der Waals surface area contributed by atoms with E-state index in [1.165, 1.54) is 0 Å². The largest absolute Gasteiger partial charge is 0.481 e. The normalized spacial score (nSPS) is 10.7. The summed E-state index contributed by atoms with van der Waals surface area (Å²) < 4.78 is 0. The van der Waals surface area contributed by atoms with Crippen molar-refractivity contribution in [3.8, 4) is 0 Å². The van der Waals surface area contributed by atoms with Gasteiger partial charge >= 0.3 is 11.9 Å². The first-order valence-corrected chi connectivity index (χ1v) is 3.07. The Morgan fingerprint density at radius 3 is 2.08 bits per heavy atom. The fraction of sp³-hybridized carbons (Fsp3) is 0.167. The van der Waals surface area contributed by atoms with Crippen LogP contribution >= 0.6 is 0 Å². The van der Waals surface area contributed by atoms with Crippen molar-refractivity contribution in [2.45, 2.75) is 6.42 Å². The van der Waals surface area contributed by atoms with E-state index in [-0.39, 0.29) is 0 Å². The van der Waals surface area contributed by atoms with Crippen molar-refractivity contribution in [1.82, 2.24) is 5.48 Å². The van der Waals surface area contributed by atoms with E-state index in [2.05, 4.69) is 0 Å². The van der Waals surface area contributed by atoms with Crippen LogP contribution in [0.5, 0.6) is 0 Å². The molecule has 0 spiro atoms. The van der Waals surface area contributed by atoms with E-state index in [0.29, 0.717) is 6.08 Å². The number of carbonyl (C=O) groups excluding carboxylic acids is 1. The second-order valence-corrected chi connectivity index (χ2v) is 2.02. The minimum absolute atomic E-state index is 0.416. The van der Waals surface area contributed by atoms with Crippen LogP contribution in [0.15, 0.2) is 11.6 Å². The summed E-state index contributed by atoms with van der Waals surface area (Å²) >= 11 is 0. The molecule has 1 amide bonds. The molecule has 0 aromatic carbocycles. The van der Waals surface area contributed by atoms with Crippen molar-refractivity contribution in [1.29, 1.82) is 0 Å². The van der Waals surface area contributed by atoms with Gasteiger partial charge in [0.2, 0.25) is 0 Å². The molecule has 0 bridgehead atoms. The second kappa shape index (κ2) is 4.88. The van der Waals surface area contributed by atoms with E-state index in [4.69, 9.17) is 15.4 Å². The van der Waals surface area contributed by atoms with Crippen molar-refractivity contribution in [2.24, 2.45) is 0 Å². The molecule has 7 nitrogen and oxygen atoms in total. The van der Waals surface area contributed by atoms with Crippen LogP contribution in [-0.4, -0.2) is 33.3 Å². The third kappa shape index (κ3) is 4.53. The lowest BCUT2D eigenvalue weighted by atomic mass is 10.1. The molecule has 0 rings (SSSR count). The first kappa shape index (κ1) is 11.1. The zero-order valence-electron chi connectivity index (χ0n) is 6.35. The number of nitrogens with one attached hydrogen (secondary N) is 1. The Labute approximate surface area is 72.2 Å². The fourth-order valence-corrected chi connectivity index (χ4v) is 0.581. The molecule has 0 saturated heterocycles. The Kier molecular flexibility index (Phi) is 4.17. The van der Waals surface area contributed by atoms with Gasteiger partial charge in [-0.1, -0.05) is 0 Å². The Morgan fingerprint density at radius 2 is 1.77 bits per heavy atom. The lowest BCUT2D eigenvalue weighted by Gasteiger charge is -1.99. The fourth-order valence-electron chi connectivity index (χ4n) is 0.581. The first-order chi connectivity index (χ1) is 5.97. The molecule has 72 valence electrons. The summed E-state index contributed by atoms with van der Waals surface area (Å²) in [5.74, 6) is -3.97. The van der Waals surface area contributed by atoms with Gasteiger partial charge in [0.05, 0.1) is 6.42 Å². The van der Waals surface area contributed by atoms with E-state index in [1.807, 2.05) is 0 Å². The third-order valence-corrected chi connectivity index (χ3v) is 1.03. The van der Waals surface area contributed by atoms with Gasteiger partial charge in [0, 0.05) is 11.6 Å². The van der Waals surface area contributed by atoms with Crippen LogP contribution in [0, 0.1) is 0 Å². The predicted molar refractivity (Wildman–Crippen MR) is 37.9 cm³/mol. The number of carbonyl (C=O) groups is 3. The van der Waals surface area contributed by atoms with Gasteiger partial charge in [-0.3, -0.25) is 14.8 Å². The quantitative estimate of drug-likeness (QED) is 0.255. The van der Waals surface area contributed by atoms with E-state index in [1.54, 1.807) is 0 Å². The molecule has 0 fully saturated rings. The minimum Gasteiger partial charge on any atom is -0.481 e. The number of carboxylic acids is 2. The monoisotopic (exact) mass is 189 g/mol. The number of rotatable bonds is 4. The summed E-state index contributed by atoms with van der Waals surface area (Å²) in [6.07, 6.45) is -0.349. The SMILES string of the molecule is O=C(O)/C=C(/CC(=O)O)C(=O)NO. The molecule has 7 heteroatoms.